The van der Waals surface area contributed by atoms with Crippen LogP contribution in [0, 0.1) is 5.41 Å². The van der Waals surface area contributed by atoms with Crippen molar-refractivity contribution < 1.29 is 4.84 Å². The summed E-state index contributed by atoms with van der Waals surface area (Å²) >= 11 is 12.3. The molecule has 0 bridgehead atoms. The van der Waals surface area contributed by atoms with Crippen molar-refractivity contribution in [3.8, 4) is 0 Å². The number of hydrogen-bond donors (Lipinski definition) is 2. The highest BCUT2D eigenvalue weighted by molar-refractivity contribution is 6.34. The van der Waals surface area contributed by atoms with E-state index in [1.54, 1.807) is 42.5 Å². The van der Waals surface area contributed by atoms with E-state index in [4.69, 9.17) is 39.2 Å². The molecule has 0 spiro atoms. The predicted octanol–water partition coefficient (Wildman–Crippen LogP) is 5.10. The van der Waals surface area contributed by atoms with Gasteiger partial charge in [-0.25, -0.2) is 4.99 Å². The molecule has 3 N–H and O–H groups in total. The first-order valence-electron chi connectivity index (χ1n) is 8.29. The largest absolute Gasteiger partial charge is 0.383 e. The summed E-state index contributed by atoms with van der Waals surface area (Å²) < 4.78 is 0. The summed E-state index contributed by atoms with van der Waals surface area (Å²) in [6.07, 6.45) is 0. The topological polar surface area (TPSA) is 83.8 Å². The molecule has 140 valence electrons. The summed E-state index contributed by atoms with van der Waals surface area (Å²) in [6, 6.07) is 23.1. The van der Waals surface area contributed by atoms with Crippen LogP contribution in [-0.4, -0.2) is 17.6 Å². The van der Waals surface area contributed by atoms with Gasteiger partial charge in [0.2, 0.25) is 11.7 Å². The maximum Gasteiger partial charge on any atom is 0.250 e. The lowest BCUT2D eigenvalue weighted by molar-refractivity contribution is 0.326. The minimum atomic E-state index is -0.203. The van der Waals surface area contributed by atoms with Gasteiger partial charge in [0.15, 0.2) is 0 Å². The van der Waals surface area contributed by atoms with Crippen LogP contribution in [0.5, 0.6) is 0 Å². The van der Waals surface area contributed by atoms with Gasteiger partial charge in [-0.05, 0) is 24.3 Å². The molecule has 28 heavy (non-hydrogen) atoms. The van der Waals surface area contributed by atoms with Crippen molar-refractivity contribution in [2.24, 2.45) is 15.9 Å². The number of benzene rings is 3. The fourth-order valence-electron chi connectivity index (χ4n) is 2.35. The lowest BCUT2D eigenvalue weighted by Crippen LogP contribution is -2.17. The summed E-state index contributed by atoms with van der Waals surface area (Å²) in [6.45, 7) is 0. The Hall–Kier alpha value is -3.15. The molecule has 3 rings (SSSR count). The van der Waals surface area contributed by atoms with E-state index in [2.05, 4.69) is 10.1 Å². The van der Waals surface area contributed by atoms with Gasteiger partial charge >= 0.3 is 0 Å². The Labute approximate surface area is 172 Å². The number of rotatable bonds is 4. The third-order valence-electron chi connectivity index (χ3n) is 3.75. The van der Waals surface area contributed by atoms with Gasteiger partial charge in [0.05, 0.1) is 15.6 Å². The third-order valence-corrected chi connectivity index (χ3v) is 4.41. The molecule has 3 aromatic rings. The van der Waals surface area contributed by atoms with E-state index in [9.17, 15) is 0 Å². The second-order valence-corrected chi connectivity index (χ2v) is 6.47. The second kappa shape index (κ2) is 9.17. The molecule has 0 aliphatic rings. The van der Waals surface area contributed by atoms with Crippen LogP contribution in [-0.2, 0) is 4.84 Å². The Morgan fingerprint density at radius 3 is 1.93 bits per heavy atom. The molecule has 0 aromatic heterocycles. The van der Waals surface area contributed by atoms with Crippen molar-refractivity contribution in [3.05, 3.63) is 106 Å². The Balaban J connectivity index is 1.95. The molecule has 0 radical (unpaired) electrons. The van der Waals surface area contributed by atoms with Gasteiger partial charge < -0.3 is 10.6 Å². The van der Waals surface area contributed by atoms with E-state index in [1.807, 2.05) is 36.4 Å². The van der Waals surface area contributed by atoms with Crippen LogP contribution in [0.1, 0.15) is 16.7 Å². The van der Waals surface area contributed by atoms with E-state index in [0.717, 1.165) is 0 Å². The standard InChI is InChI=1S/C21H16Cl2N4O/c22-17-12-6-4-10-15(17)19(24)26-21(14-8-2-1-3-9-14)27-28-20(25)16-11-5-7-13-18(16)23/h1-13,25H,(H2,24,26,27). The molecule has 0 fully saturated rings. The average molecular weight is 411 g/mol. The van der Waals surface area contributed by atoms with Gasteiger partial charge in [0.1, 0.15) is 5.84 Å². The fraction of sp³-hybridized carbons (Fsp3) is 0. The van der Waals surface area contributed by atoms with Crippen molar-refractivity contribution >= 4 is 40.8 Å². The zero-order valence-corrected chi connectivity index (χ0v) is 16.2. The number of aliphatic imine (C=N–C) groups is 1. The molecule has 3 aromatic carbocycles. The summed E-state index contributed by atoms with van der Waals surface area (Å²) in [5, 5.41) is 13.0. The van der Waals surface area contributed by atoms with Gasteiger partial charge in [-0.2, -0.15) is 0 Å². The van der Waals surface area contributed by atoms with Gasteiger partial charge in [-0.1, -0.05) is 83.0 Å². The molecule has 0 heterocycles. The van der Waals surface area contributed by atoms with E-state index in [0.29, 0.717) is 26.7 Å². The first kappa shape index (κ1) is 19.6. The maximum absolute atomic E-state index is 8.09. The molecule has 0 saturated carbocycles. The highest BCUT2D eigenvalue weighted by atomic mass is 35.5. The Morgan fingerprint density at radius 2 is 1.32 bits per heavy atom. The quantitative estimate of drug-likeness (QED) is 0.356. The molecular formula is C21H16Cl2N4O. The Bertz CT molecular complexity index is 1050. The number of halogens is 2. The van der Waals surface area contributed by atoms with E-state index >= 15 is 0 Å². The molecule has 7 heteroatoms. The number of hydrogen-bond acceptors (Lipinski definition) is 3. The molecule has 5 nitrogen and oxygen atoms in total. The van der Waals surface area contributed by atoms with Crippen molar-refractivity contribution in [3.63, 3.8) is 0 Å². The summed E-state index contributed by atoms with van der Waals surface area (Å²) in [5.41, 5.74) is 7.80. The van der Waals surface area contributed by atoms with Crippen molar-refractivity contribution in [1.82, 2.24) is 0 Å². The highest BCUT2D eigenvalue weighted by Crippen LogP contribution is 2.17. The molecule has 0 aliphatic heterocycles. The maximum atomic E-state index is 8.09. The van der Waals surface area contributed by atoms with Crippen molar-refractivity contribution in [2.45, 2.75) is 0 Å². The summed E-state index contributed by atoms with van der Waals surface area (Å²) in [4.78, 5) is 9.65. The number of amidine groups is 2. The van der Waals surface area contributed by atoms with Crippen molar-refractivity contribution in [2.75, 3.05) is 0 Å². The van der Waals surface area contributed by atoms with Gasteiger partial charge in [-0.3, -0.25) is 5.41 Å². The van der Waals surface area contributed by atoms with E-state index in [1.165, 1.54) is 0 Å². The van der Waals surface area contributed by atoms with Crippen LogP contribution in [0.25, 0.3) is 0 Å². The van der Waals surface area contributed by atoms with Crippen LogP contribution in [0.3, 0.4) is 0 Å². The van der Waals surface area contributed by atoms with Gasteiger partial charge in [-0.15, -0.1) is 0 Å². The fourth-order valence-corrected chi connectivity index (χ4v) is 2.81. The van der Waals surface area contributed by atoms with Crippen LogP contribution in [0.4, 0.5) is 0 Å². The Morgan fingerprint density at radius 1 is 0.786 bits per heavy atom. The van der Waals surface area contributed by atoms with Crippen molar-refractivity contribution in [1.29, 1.82) is 5.41 Å². The summed E-state index contributed by atoms with van der Waals surface area (Å²) in [5.74, 6) is 0.182. The SMILES string of the molecule is N=C(O/N=C(/N=C(N)c1ccccc1Cl)c1ccccc1)c1ccccc1Cl. The summed E-state index contributed by atoms with van der Waals surface area (Å²) in [7, 11) is 0. The second-order valence-electron chi connectivity index (χ2n) is 5.66. The monoisotopic (exact) mass is 410 g/mol. The number of nitrogens with two attached hydrogens (primary N) is 1. The number of nitrogens with zero attached hydrogens (tertiary/aromatic N) is 2. The van der Waals surface area contributed by atoms with Gasteiger partial charge in [0, 0.05) is 11.1 Å². The highest BCUT2D eigenvalue weighted by Gasteiger charge is 2.11. The normalized spacial score (nSPS) is 11.9. The molecule has 0 amide bonds. The minimum Gasteiger partial charge on any atom is -0.383 e. The molecule has 0 saturated heterocycles. The molecule has 0 aliphatic carbocycles. The van der Waals surface area contributed by atoms with E-state index < -0.39 is 0 Å². The smallest absolute Gasteiger partial charge is 0.250 e. The Kier molecular flexibility index (Phi) is 6.42. The molecule has 0 unspecified atom stereocenters. The van der Waals surface area contributed by atoms with Gasteiger partial charge in [0.25, 0.3) is 0 Å². The predicted molar refractivity (Wildman–Crippen MR) is 115 cm³/mol. The van der Waals surface area contributed by atoms with Crippen LogP contribution >= 0.6 is 23.2 Å². The van der Waals surface area contributed by atoms with E-state index in [-0.39, 0.29) is 17.6 Å². The van der Waals surface area contributed by atoms with Crippen LogP contribution < -0.4 is 5.73 Å². The van der Waals surface area contributed by atoms with Crippen LogP contribution in [0.2, 0.25) is 10.0 Å². The zero-order chi connectivity index (χ0) is 19.9. The minimum absolute atomic E-state index is 0.182. The molecule has 0 atom stereocenters. The average Bonchev–Trinajstić information content (AvgIpc) is 2.72. The third kappa shape index (κ3) is 4.76. The zero-order valence-electron chi connectivity index (χ0n) is 14.6. The first-order valence-corrected chi connectivity index (χ1v) is 9.05. The number of oxime groups is 1. The molecular weight excluding hydrogens is 395 g/mol. The van der Waals surface area contributed by atoms with Crippen LogP contribution in [0.15, 0.2) is 89.0 Å². The first-order chi connectivity index (χ1) is 13.6. The lowest BCUT2D eigenvalue weighted by atomic mass is 10.2. The lowest BCUT2D eigenvalue weighted by Gasteiger charge is -2.07. The number of nitrogens with one attached hydrogen (secondary N) is 1.